The van der Waals surface area contributed by atoms with Gasteiger partial charge in [0.15, 0.2) is 0 Å². The Balaban J connectivity index is 1.32. The predicted molar refractivity (Wildman–Crippen MR) is 165 cm³/mol. The number of allylic oxidation sites excluding steroid dienone is 1. The summed E-state index contributed by atoms with van der Waals surface area (Å²) in [6.07, 6.45) is 6.66. The first-order chi connectivity index (χ1) is 20.8. The van der Waals surface area contributed by atoms with Crippen LogP contribution in [0.5, 0.6) is 11.6 Å². The summed E-state index contributed by atoms with van der Waals surface area (Å²) >= 11 is 0. The molecule has 3 N–H and O–H groups in total. The Morgan fingerprint density at radius 3 is 2.51 bits per heavy atom. The van der Waals surface area contributed by atoms with E-state index in [1.807, 2.05) is 44.2 Å². The number of rotatable bonds is 9. The number of amides is 1. The number of piperidine rings is 1. The van der Waals surface area contributed by atoms with E-state index in [2.05, 4.69) is 15.2 Å². The first kappa shape index (κ1) is 29.4. The second-order valence-electron chi connectivity index (χ2n) is 10.7. The molecule has 0 saturated carbocycles. The second kappa shape index (κ2) is 13.3. The summed E-state index contributed by atoms with van der Waals surface area (Å²) < 4.78 is 20.6. The molecular weight excluding hydrogens is 543 g/mol. The molecule has 4 aromatic rings. The van der Waals surface area contributed by atoms with Crippen LogP contribution in [0.15, 0.2) is 72.9 Å². The van der Waals surface area contributed by atoms with Crippen molar-refractivity contribution >= 4 is 17.9 Å². The second-order valence-corrected chi connectivity index (χ2v) is 10.7. The summed E-state index contributed by atoms with van der Waals surface area (Å²) in [7, 11) is 0. The maximum Gasteiger partial charge on any atom is 0.248 e. The third kappa shape index (κ3) is 7.42. The summed E-state index contributed by atoms with van der Waals surface area (Å²) in [4.78, 5) is 23.0. The zero-order valence-electron chi connectivity index (χ0n) is 24.2. The molecule has 0 spiro atoms. The molecule has 2 heterocycles. The highest BCUT2D eigenvalue weighted by atomic mass is 19.1. The SMILES string of the molecule is Cc1cc(/C=C/C#N)cc(C)c1Oc1nc(NC2CCN(Cc3ccc(C(N)=O)cc3)CC2)ncc1-c1cccc(F)c1. The lowest BCUT2D eigenvalue weighted by molar-refractivity contribution is 0.1000. The Kier molecular flexibility index (Phi) is 9.08. The summed E-state index contributed by atoms with van der Waals surface area (Å²) in [5, 5.41) is 12.4. The lowest BCUT2D eigenvalue weighted by Crippen LogP contribution is -2.39. The monoisotopic (exact) mass is 576 g/mol. The van der Waals surface area contributed by atoms with E-state index >= 15 is 0 Å². The quantitative estimate of drug-likeness (QED) is 0.221. The van der Waals surface area contributed by atoms with Gasteiger partial charge in [0.25, 0.3) is 0 Å². The minimum absolute atomic E-state index is 0.177. The molecule has 3 aromatic carbocycles. The van der Waals surface area contributed by atoms with Crippen molar-refractivity contribution in [1.82, 2.24) is 14.9 Å². The van der Waals surface area contributed by atoms with E-state index in [9.17, 15) is 9.18 Å². The fraction of sp³-hybridized carbons (Fsp3) is 0.235. The highest BCUT2D eigenvalue weighted by molar-refractivity contribution is 5.92. The van der Waals surface area contributed by atoms with E-state index in [0.29, 0.717) is 34.3 Å². The summed E-state index contributed by atoms with van der Waals surface area (Å²) in [5.74, 6) is 0.632. The molecule has 1 aliphatic rings. The molecule has 0 bridgehead atoms. The van der Waals surface area contributed by atoms with Crippen LogP contribution in [0.2, 0.25) is 0 Å². The normalized spacial score (nSPS) is 14.0. The minimum atomic E-state index is -0.425. The minimum Gasteiger partial charge on any atom is -0.438 e. The van der Waals surface area contributed by atoms with Crippen molar-refractivity contribution < 1.29 is 13.9 Å². The van der Waals surface area contributed by atoms with Crippen molar-refractivity contribution in [3.63, 3.8) is 0 Å². The number of halogens is 1. The number of primary amides is 1. The zero-order valence-corrected chi connectivity index (χ0v) is 24.2. The molecule has 1 fully saturated rings. The largest absolute Gasteiger partial charge is 0.438 e. The molecule has 0 radical (unpaired) electrons. The number of nitrogens with two attached hydrogens (primary N) is 1. The van der Waals surface area contributed by atoms with Crippen LogP contribution in [0, 0.1) is 31.0 Å². The Morgan fingerprint density at radius 1 is 1.14 bits per heavy atom. The van der Waals surface area contributed by atoms with Gasteiger partial charge in [-0.05, 0) is 97.0 Å². The average molecular weight is 577 g/mol. The predicted octanol–water partition coefficient (Wildman–Crippen LogP) is 6.40. The van der Waals surface area contributed by atoms with Crippen LogP contribution in [0.25, 0.3) is 17.2 Å². The maximum absolute atomic E-state index is 14.1. The third-order valence-corrected chi connectivity index (χ3v) is 7.49. The van der Waals surface area contributed by atoms with Crippen molar-refractivity contribution in [2.45, 2.75) is 39.3 Å². The molecule has 0 unspecified atom stereocenters. The summed E-state index contributed by atoms with van der Waals surface area (Å²) in [6, 6.07) is 19.8. The molecule has 8 nitrogen and oxygen atoms in total. The Morgan fingerprint density at radius 2 is 1.86 bits per heavy atom. The number of aromatic nitrogens is 2. The van der Waals surface area contributed by atoms with Gasteiger partial charge in [-0.15, -0.1) is 0 Å². The molecule has 0 aliphatic carbocycles. The number of hydrogen-bond donors (Lipinski definition) is 2. The average Bonchev–Trinajstić information content (AvgIpc) is 2.99. The van der Waals surface area contributed by atoms with Gasteiger partial charge in [-0.25, -0.2) is 9.37 Å². The standard InChI is InChI=1S/C34H33FN6O2/c1-22-17-25(5-4-14-36)18-23(2)31(22)43-33-30(27-6-3-7-28(35)19-27)20-38-34(40-33)39-29-12-15-41(16-13-29)21-24-8-10-26(11-9-24)32(37)42/h3-11,17-20,29H,12-13,15-16,21H2,1-2H3,(H2,37,42)(H,38,39,40)/b5-4+. The summed E-state index contributed by atoms with van der Waals surface area (Å²) in [5.41, 5.74) is 10.8. The van der Waals surface area contributed by atoms with Gasteiger partial charge in [-0.1, -0.05) is 24.3 Å². The van der Waals surface area contributed by atoms with Gasteiger partial charge >= 0.3 is 0 Å². The van der Waals surface area contributed by atoms with Gasteiger partial charge in [0, 0.05) is 43.5 Å². The fourth-order valence-electron chi connectivity index (χ4n) is 5.29. The van der Waals surface area contributed by atoms with E-state index in [1.54, 1.807) is 36.5 Å². The van der Waals surface area contributed by atoms with Crippen LogP contribution >= 0.6 is 0 Å². The van der Waals surface area contributed by atoms with Crippen LogP contribution in [-0.2, 0) is 6.54 Å². The van der Waals surface area contributed by atoms with E-state index in [1.165, 1.54) is 18.2 Å². The van der Waals surface area contributed by atoms with Crippen LogP contribution < -0.4 is 15.8 Å². The highest BCUT2D eigenvalue weighted by Gasteiger charge is 2.22. The van der Waals surface area contributed by atoms with Gasteiger partial charge in [0.2, 0.25) is 17.7 Å². The number of carbonyl (C=O) groups excluding carboxylic acids is 1. The molecule has 9 heteroatoms. The third-order valence-electron chi connectivity index (χ3n) is 7.49. The molecule has 1 amide bonds. The van der Waals surface area contributed by atoms with Gasteiger partial charge in [0.1, 0.15) is 11.6 Å². The molecule has 5 rings (SSSR count). The number of nitrogens with one attached hydrogen (secondary N) is 1. The Hall–Kier alpha value is -5.07. The molecule has 43 heavy (non-hydrogen) atoms. The number of nitriles is 1. The molecule has 0 atom stereocenters. The van der Waals surface area contributed by atoms with E-state index in [4.69, 9.17) is 20.7 Å². The number of anilines is 1. The van der Waals surface area contributed by atoms with Gasteiger partial charge in [0.05, 0.1) is 11.6 Å². The van der Waals surface area contributed by atoms with Crippen molar-refractivity contribution in [3.05, 3.63) is 107 Å². The van der Waals surface area contributed by atoms with Crippen molar-refractivity contribution in [2.24, 2.45) is 5.73 Å². The van der Waals surface area contributed by atoms with Crippen molar-refractivity contribution in [2.75, 3.05) is 18.4 Å². The van der Waals surface area contributed by atoms with Crippen LogP contribution in [0.4, 0.5) is 10.3 Å². The van der Waals surface area contributed by atoms with E-state index in [-0.39, 0.29) is 11.9 Å². The van der Waals surface area contributed by atoms with Gasteiger partial charge in [-0.2, -0.15) is 10.2 Å². The van der Waals surface area contributed by atoms with Crippen LogP contribution in [-0.4, -0.2) is 39.9 Å². The van der Waals surface area contributed by atoms with Crippen molar-refractivity contribution in [3.8, 4) is 28.8 Å². The molecule has 218 valence electrons. The van der Waals surface area contributed by atoms with Gasteiger partial charge in [-0.3, -0.25) is 9.69 Å². The van der Waals surface area contributed by atoms with Gasteiger partial charge < -0.3 is 15.8 Å². The molecule has 1 saturated heterocycles. The first-order valence-electron chi connectivity index (χ1n) is 14.1. The zero-order chi connectivity index (χ0) is 30.3. The molecule has 1 aliphatic heterocycles. The first-order valence-corrected chi connectivity index (χ1v) is 14.1. The maximum atomic E-state index is 14.1. The van der Waals surface area contributed by atoms with Crippen molar-refractivity contribution in [1.29, 1.82) is 5.26 Å². The van der Waals surface area contributed by atoms with Crippen LogP contribution in [0.1, 0.15) is 45.5 Å². The van der Waals surface area contributed by atoms with E-state index in [0.717, 1.165) is 54.7 Å². The highest BCUT2D eigenvalue weighted by Crippen LogP contribution is 2.36. The van der Waals surface area contributed by atoms with E-state index < -0.39 is 5.91 Å². The molecular formula is C34H33FN6O2. The number of carbonyl (C=O) groups is 1. The number of aryl methyl sites for hydroxylation is 2. The number of hydrogen-bond acceptors (Lipinski definition) is 7. The Labute approximate surface area is 250 Å². The molecule has 1 aromatic heterocycles. The Bertz CT molecular complexity index is 1670. The number of benzene rings is 3. The lowest BCUT2D eigenvalue weighted by Gasteiger charge is -2.32. The smallest absolute Gasteiger partial charge is 0.248 e. The lowest BCUT2D eigenvalue weighted by atomic mass is 10.0. The number of likely N-dealkylation sites (tertiary alicyclic amines) is 1. The summed E-state index contributed by atoms with van der Waals surface area (Å²) in [6.45, 7) is 6.46. The topological polar surface area (TPSA) is 117 Å². The van der Waals surface area contributed by atoms with Crippen LogP contribution in [0.3, 0.4) is 0 Å². The number of nitrogens with zero attached hydrogens (tertiary/aromatic N) is 4. The fourth-order valence-corrected chi connectivity index (χ4v) is 5.29. The number of ether oxygens (including phenoxy) is 1.